The van der Waals surface area contributed by atoms with Gasteiger partial charge in [0.2, 0.25) is 0 Å². The van der Waals surface area contributed by atoms with E-state index in [9.17, 15) is 0 Å². The fourth-order valence-corrected chi connectivity index (χ4v) is 5.60. The maximum absolute atomic E-state index is 6.35. The number of quaternary nitrogens is 1. The summed E-state index contributed by atoms with van der Waals surface area (Å²) in [5.74, 6) is 0.590. The third kappa shape index (κ3) is 3.21. The SMILES string of the molecule is C[N+]1(C)CCCC2c3ccccc3Sc3ccc(Cl)cc3C21.O.[Cl-]. The molecule has 0 bridgehead atoms. The van der Waals surface area contributed by atoms with E-state index in [0.717, 1.165) is 9.51 Å². The lowest BCUT2D eigenvalue weighted by Crippen LogP contribution is -3.00. The van der Waals surface area contributed by atoms with Crippen LogP contribution in [-0.2, 0) is 0 Å². The van der Waals surface area contributed by atoms with E-state index in [1.807, 2.05) is 17.8 Å². The molecule has 0 radical (unpaired) electrons. The van der Waals surface area contributed by atoms with Crippen LogP contribution in [0.5, 0.6) is 0 Å². The first-order valence-corrected chi connectivity index (χ1v) is 9.14. The highest BCUT2D eigenvalue weighted by atomic mass is 35.5. The molecule has 2 aliphatic heterocycles. The fourth-order valence-electron chi connectivity index (χ4n) is 4.26. The zero-order valence-corrected chi connectivity index (χ0v) is 16.3. The van der Waals surface area contributed by atoms with Gasteiger partial charge in [-0.05, 0) is 42.7 Å². The summed E-state index contributed by atoms with van der Waals surface area (Å²) in [5.41, 5.74) is 2.96. The van der Waals surface area contributed by atoms with Crippen LogP contribution in [0.4, 0.5) is 0 Å². The molecule has 5 heteroatoms. The van der Waals surface area contributed by atoms with Crippen molar-refractivity contribution in [1.29, 1.82) is 0 Å². The highest BCUT2D eigenvalue weighted by Crippen LogP contribution is 2.53. The standard InChI is InChI=1S/C19H21ClNS.ClH.H2O/c1-21(2)11-5-7-15-14-6-3-4-8-17(14)22-18-10-9-13(20)12-16(18)19(15)21;;/h3-4,6,8-10,12,15,19H,5,7,11H2,1-2H3;1H;1H2/q+1;;/p-1. The van der Waals surface area contributed by atoms with Crippen molar-refractivity contribution in [2.75, 3.05) is 20.6 Å². The highest BCUT2D eigenvalue weighted by molar-refractivity contribution is 7.99. The van der Waals surface area contributed by atoms with Gasteiger partial charge in [-0.25, -0.2) is 0 Å². The predicted octanol–water partition coefficient (Wildman–Crippen LogP) is 1.68. The Bertz CT molecular complexity index is 735. The molecular formula is C19H23Cl2NOS. The molecule has 4 rings (SSSR count). The van der Waals surface area contributed by atoms with E-state index in [1.54, 1.807) is 0 Å². The number of piperidine rings is 1. The largest absolute Gasteiger partial charge is 1.00 e. The Labute approximate surface area is 159 Å². The summed E-state index contributed by atoms with van der Waals surface area (Å²) >= 11 is 8.26. The molecule has 2 heterocycles. The van der Waals surface area contributed by atoms with Gasteiger partial charge >= 0.3 is 0 Å². The number of hydrogen-bond acceptors (Lipinski definition) is 1. The van der Waals surface area contributed by atoms with Crippen LogP contribution >= 0.6 is 23.4 Å². The van der Waals surface area contributed by atoms with E-state index >= 15 is 0 Å². The molecule has 130 valence electrons. The second kappa shape index (κ2) is 7.27. The Hall–Kier alpha value is -0.710. The minimum absolute atomic E-state index is 0. The molecule has 0 saturated carbocycles. The van der Waals surface area contributed by atoms with Gasteiger partial charge in [-0.3, -0.25) is 0 Å². The van der Waals surface area contributed by atoms with Crippen LogP contribution in [-0.4, -0.2) is 30.6 Å². The minimum atomic E-state index is 0. The molecule has 1 saturated heterocycles. The molecule has 0 amide bonds. The van der Waals surface area contributed by atoms with Gasteiger partial charge in [0.15, 0.2) is 0 Å². The highest BCUT2D eigenvalue weighted by Gasteiger charge is 2.44. The molecule has 2 atom stereocenters. The average Bonchev–Trinajstić information content (AvgIpc) is 2.62. The van der Waals surface area contributed by atoms with Crippen LogP contribution in [0.15, 0.2) is 52.3 Å². The molecule has 2 aromatic rings. The summed E-state index contributed by atoms with van der Waals surface area (Å²) in [7, 11) is 4.75. The van der Waals surface area contributed by atoms with Crippen LogP contribution in [0.25, 0.3) is 0 Å². The van der Waals surface area contributed by atoms with Gasteiger partial charge < -0.3 is 22.4 Å². The van der Waals surface area contributed by atoms with Crippen LogP contribution in [0.1, 0.15) is 35.9 Å². The van der Waals surface area contributed by atoms with Crippen molar-refractivity contribution in [1.82, 2.24) is 0 Å². The molecule has 1 fully saturated rings. The van der Waals surface area contributed by atoms with Gasteiger partial charge in [-0.1, -0.05) is 41.6 Å². The van der Waals surface area contributed by atoms with Gasteiger partial charge in [-0.2, -0.15) is 0 Å². The van der Waals surface area contributed by atoms with Crippen LogP contribution in [0.3, 0.4) is 0 Å². The molecule has 2 N–H and O–H groups in total. The molecule has 2 aromatic carbocycles. The summed E-state index contributed by atoms with van der Waals surface area (Å²) in [4.78, 5) is 2.79. The van der Waals surface area contributed by atoms with E-state index in [2.05, 4.69) is 50.5 Å². The van der Waals surface area contributed by atoms with Crippen molar-refractivity contribution in [2.45, 2.75) is 34.6 Å². The topological polar surface area (TPSA) is 31.5 Å². The van der Waals surface area contributed by atoms with Gasteiger partial charge in [0, 0.05) is 26.3 Å². The number of rotatable bonds is 0. The third-order valence-corrected chi connectivity index (χ3v) is 6.63. The summed E-state index contributed by atoms with van der Waals surface area (Å²) < 4.78 is 1.05. The molecule has 2 unspecified atom stereocenters. The lowest BCUT2D eigenvalue weighted by molar-refractivity contribution is -0.928. The number of benzene rings is 2. The van der Waals surface area contributed by atoms with E-state index in [4.69, 9.17) is 11.6 Å². The summed E-state index contributed by atoms with van der Waals surface area (Å²) in [5, 5.41) is 0.856. The van der Waals surface area contributed by atoms with Crippen molar-refractivity contribution in [2.24, 2.45) is 0 Å². The first-order chi connectivity index (χ1) is 10.6. The Morgan fingerprint density at radius 2 is 1.75 bits per heavy atom. The first-order valence-electron chi connectivity index (χ1n) is 7.95. The first kappa shape index (κ1) is 19.6. The average molecular weight is 384 g/mol. The minimum Gasteiger partial charge on any atom is -1.00 e. The third-order valence-electron chi connectivity index (χ3n) is 5.21. The van der Waals surface area contributed by atoms with Gasteiger partial charge in [0.25, 0.3) is 0 Å². The fraction of sp³-hybridized carbons (Fsp3) is 0.368. The molecule has 2 aliphatic rings. The van der Waals surface area contributed by atoms with Crippen LogP contribution in [0.2, 0.25) is 5.02 Å². The molecular weight excluding hydrogens is 361 g/mol. The summed E-state index contributed by atoms with van der Waals surface area (Å²) in [6.07, 6.45) is 2.57. The lowest BCUT2D eigenvalue weighted by atomic mass is 9.79. The van der Waals surface area contributed by atoms with E-state index in [0.29, 0.717) is 12.0 Å². The van der Waals surface area contributed by atoms with Gasteiger partial charge in [-0.15, -0.1) is 0 Å². The zero-order chi connectivity index (χ0) is 15.3. The Balaban J connectivity index is 0.00000104. The van der Waals surface area contributed by atoms with Crippen molar-refractivity contribution in [3.8, 4) is 0 Å². The van der Waals surface area contributed by atoms with Gasteiger partial charge in [0.1, 0.15) is 6.04 Å². The van der Waals surface area contributed by atoms with Crippen LogP contribution in [0, 0.1) is 0 Å². The van der Waals surface area contributed by atoms with Crippen molar-refractivity contribution in [3.05, 3.63) is 58.6 Å². The van der Waals surface area contributed by atoms with E-state index < -0.39 is 0 Å². The monoisotopic (exact) mass is 383 g/mol. The molecule has 0 aromatic heterocycles. The Kier molecular flexibility index (Phi) is 5.94. The smallest absolute Gasteiger partial charge is 0.122 e. The quantitative estimate of drug-likeness (QED) is 0.636. The molecule has 24 heavy (non-hydrogen) atoms. The summed E-state index contributed by atoms with van der Waals surface area (Å²) in [6, 6.07) is 15.9. The lowest BCUT2D eigenvalue weighted by Gasteiger charge is -2.46. The second-order valence-electron chi connectivity index (χ2n) is 7.02. The van der Waals surface area contributed by atoms with Crippen LogP contribution < -0.4 is 12.4 Å². The number of halogens is 2. The summed E-state index contributed by atoms with van der Waals surface area (Å²) in [6.45, 7) is 1.24. The number of fused-ring (bicyclic) bond motifs is 5. The molecule has 0 spiro atoms. The maximum Gasteiger partial charge on any atom is 0.122 e. The number of hydrogen-bond donors (Lipinski definition) is 0. The second-order valence-corrected chi connectivity index (χ2v) is 8.54. The normalized spacial score (nSPS) is 23.5. The number of likely N-dealkylation sites (N-methyl/N-ethyl adjacent to an activating group) is 1. The number of likely N-dealkylation sites (tertiary alicyclic amines) is 1. The van der Waals surface area contributed by atoms with Crippen molar-refractivity contribution >= 4 is 23.4 Å². The predicted molar refractivity (Wildman–Crippen MR) is 97.3 cm³/mol. The van der Waals surface area contributed by atoms with Crippen molar-refractivity contribution < 1.29 is 22.4 Å². The maximum atomic E-state index is 6.35. The van der Waals surface area contributed by atoms with E-state index in [-0.39, 0.29) is 17.9 Å². The van der Waals surface area contributed by atoms with E-state index in [1.165, 1.54) is 40.3 Å². The number of nitrogens with zero attached hydrogens (tertiary/aromatic N) is 1. The Morgan fingerprint density at radius 3 is 2.54 bits per heavy atom. The molecule has 2 nitrogen and oxygen atoms in total. The molecule has 0 aliphatic carbocycles. The van der Waals surface area contributed by atoms with Crippen molar-refractivity contribution in [3.63, 3.8) is 0 Å². The Morgan fingerprint density at radius 1 is 1.04 bits per heavy atom. The zero-order valence-electron chi connectivity index (χ0n) is 13.9. The van der Waals surface area contributed by atoms with Gasteiger partial charge in [0.05, 0.1) is 20.6 Å².